The maximum absolute atomic E-state index is 12.1. The molecule has 24 heavy (non-hydrogen) atoms. The van der Waals surface area contributed by atoms with Gasteiger partial charge in [-0.1, -0.05) is 47.5 Å². The average Bonchev–Trinajstić information content (AvgIpc) is 2.58. The first-order valence-corrected chi connectivity index (χ1v) is 10.2. The van der Waals surface area contributed by atoms with Crippen LogP contribution in [0.4, 0.5) is 0 Å². The number of hydrogen-bond acceptors (Lipinski definition) is 3. The molecule has 0 heterocycles. The van der Waals surface area contributed by atoms with E-state index in [9.17, 15) is 4.79 Å². The van der Waals surface area contributed by atoms with E-state index in [0.29, 0.717) is 6.54 Å². The van der Waals surface area contributed by atoms with E-state index < -0.39 is 0 Å². The van der Waals surface area contributed by atoms with Crippen LogP contribution in [0, 0.1) is 13.8 Å². The minimum Gasteiger partial charge on any atom is -0.354 e. The Bertz CT molecular complexity index is 638. The number of rotatable bonds is 8. The lowest BCUT2D eigenvalue weighted by Gasteiger charge is -2.12. The van der Waals surface area contributed by atoms with Crippen LogP contribution in [0.15, 0.2) is 53.4 Å². The number of carbonyl (C=O) groups excluding carboxylic acids is 1. The molecule has 0 unspecified atom stereocenters. The highest BCUT2D eigenvalue weighted by Gasteiger charge is 2.13. The normalized spacial score (nSPS) is 12.0. The molecule has 0 saturated heterocycles. The molecule has 0 aliphatic rings. The Balaban J connectivity index is 1.63. The molecule has 2 aromatic carbocycles. The van der Waals surface area contributed by atoms with Crippen molar-refractivity contribution in [1.29, 1.82) is 0 Å². The molecular formula is C20H25NOS2. The van der Waals surface area contributed by atoms with Gasteiger partial charge in [-0.2, -0.15) is 11.8 Å². The Hall–Kier alpha value is -1.39. The molecule has 0 fully saturated rings. The second kappa shape index (κ2) is 9.80. The molecule has 0 aliphatic carbocycles. The average molecular weight is 360 g/mol. The van der Waals surface area contributed by atoms with Gasteiger partial charge in [0.2, 0.25) is 5.91 Å². The number of benzene rings is 2. The van der Waals surface area contributed by atoms with Gasteiger partial charge in [-0.25, -0.2) is 0 Å². The van der Waals surface area contributed by atoms with E-state index >= 15 is 0 Å². The largest absolute Gasteiger partial charge is 0.354 e. The van der Waals surface area contributed by atoms with Gasteiger partial charge >= 0.3 is 0 Å². The summed E-state index contributed by atoms with van der Waals surface area (Å²) >= 11 is 3.45. The Labute approximate surface area is 153 Å². The van der Waals surface area contributed by atoms with Gasteiger partial charge in [-0.15, -0.1) is 11.8 Å². The summed E-state index contributed by atoms with van der Waals surface area (Å²) in [5, 5.41) is 2.95. The van der Waals surface area contributed by atoms with Crippen LogP contribution >= 0.6 is 23.5 Å². The minimum absolute atomic E-state index is 0.0743. The fourth-order valence-electron chi connectivity index (χ4n) is 2.14. The monoisotopic (exact) mass is 359 g/mol. The third-order valence-electron chi connectivity index (χ3n) is 3.64. The van der Waals surface area contributed by atoms with Crippen LogP contribution in [0.3, 0.4) is 0 Å². The highest BCUT2D eigenvalue weighted by molar-refractivity contribution is 8.00. The number of thioether (sulfide) groups is 2. The summed E-state index contributed by atoms with van der Waals surface area (Å²) in [6.07, 6.45) is 0. The van der Waals surface area contributed by atoms with Crippen LogP contribution in [0.5, 0.6) is 0 Å². The summed E-state index contributed by atoms with van der Waals surface area (Å²) in [5.41, 5.74) is 3.86. The van der Waals surface area contributed by atoms with Crippen molar-refractivity contribution in [3.05, 3.63) is 65.2 Å². The van der Waals surface area contributed by atoms with Crippen LogP contribution in [0.1, 0.15) is 23.6 Å². The van der Waals surface area contributed by atoms with E-state index in [4.69, 9.17) is 0 Å². The summed E-state index contributed by atoms with van der Waals surface area (Å²) in [4.78, 5) is 13.3. The van der Waals surface area contributed by atoms with Crippen LogP contribution in [-0.2, 0) is 10.5 Å². The summed E-state index contributed by atoms with van der Waals surface area (Å²) < 4.78 is 0. The Morgan fingerprint density at radius 1 is 1.00 bits per heavy atom. The molecule has 0 aliphatic heterocycles. The lowest BCUT2D eigenvalue weighted by Crippen LogP contribution is -2.32. The zero-order valence-electron chi connectivity index (χ0n) is 14.5. The zero-order chi connectivity index (χ0) is 17.4. The predicted molar refractivity (Wildman–Crippen MR) is 107 cm³/mol. The summed E-state index contributed by atoms with van der Waals surface area (Å²) in [6, 6.07) is 16.9. The topological polar surface area (TPSA) is 29.1 Å². The molecule has 128 valence electrons. The van der Waals surface area contributed by atoms with E-state index in [1.54, 1.807) is 11.8 Å². The second-order valence-electron chi connectivity index (χ2n) is 5.90. The molecule has 0 bridgehead atoms. The number of amides is 1. The molecule has 1 atom stereocenters. The van der Waals surface area contributed by atoms with E-state index in [0.717, 1.165) is 16.4 Å². The smallest absolute Gasteiger partial charge is 0.233 e. The predicted octanol–water partition coefficient (Wildman–Crippen LogP) is 4.83. The molecule has 1 amide bonds. The summed E-state index contributed by atoms with van der Waals surface area (Å²) in [7, 11) is 0. The maximum Gasteiger partial charge on any atom is 0.233 e. The van der Waals surface area contributed by atoms with Gasteiger partial charge in [0.15, 0.2) is 0 Å². The van der Waals surface area contributed by atoms with Gasteiger partial charge < -0.3 is 5.32 Å². The van der Waals surface area contributed by atoms with Crippen molar-refractivity contribution in [2.45, 2.75) is 36.7 Å². The minimum atomic E-state index is -0.0743. The van der Waals surface area contributed by atoms with Crippen LogP contribution in [0.25, 0.3) is 0 Å². The van der Waals surface area contributed by atoms with Gasteiger partial charge in [0, 0.05) is 22.9 Å². The molecule has 4 heteroatoms. The van der Waals surface area contributed by atoms with Crippen molar-refractivity contribution >= 4 is 29.4 Å². The van der Waals surface area contributed by atoms with E-state index in [2.05, 4.69) is 67.7 Å². The number of carbonyl (C=O) groups is 1. The summed E-state index contributed by atoms with van der Waals surface area (Å²) in [6.45, 7) is 6.84. The van der Waals surface area contributed by atoms with Crippen LogP contribution < -0.4 is 5.32 Å². The molecule has 0 radical (unpaired) electrons. The van der Waals surface area contributed by atoms with Gasteiger partial charge in [0.1, 0.15) is 0 Å². The molecule has 0 spiro atoms. The summed E-state index contributed by atoms with van der Waals surface area (Å²) in [5.74, 6) is 2.03. The Morgan fingerprint density at radius 3 is 2.21 bits per heavy atom. The van der Waals surface area contributed by atoms with Gasteiger partial charge in [0.25, 0.3) is 0 Å². The molecule has 0 aromatic heterocycles. The van der Waals surface area contributed by atoms with Crippen molar-refractivity contribution in [2.24, 2.45) is 0 Å². The number of aryl methyl sites for hydroxylation is 2. The van der Waals surface area contributed by atoms with Crippen molar-refractivity contribution in [2.75, 3.05) is 12.3 Å². The van der Waals surface area contributed by atoms with Crippen LogP contribution in [-0.4, -0.2) is 23.5 Å². The highest BCUT2D eigenvalue weighted by Crippen LogP contribution is 2.23. The van der Waals surface area contributed by atoms with Gasteiger partial charge in [0.05, 0.1) is 5.25 Å². The van der Waals surface area contributed by atoms with Crippen molar-refractivity contribution in [3.8, 4) is 0 Å². The number of hydrogen-bond donors (Lipinski definition) is 1. The molecule has 2 aromatic rings. The van der Waals surface area contributed by atoms with Gasteiger partial charge in [-0.05, 0) is 38.5 Å². The molecule has 1 N–H and O–H groups in total. The van der Waals surface area contributed by atoms with Gasteiger partial charge in [-0.3, -0.25) is 4.79 Å². The Kier molecular flexibility index (Phi) is 7.73. The Morgan fingerprint density at radius 2 is 1.58 bits per heavy atom. The molecule has 2 rings (SSSR count). The standard InChI is InChI=1S/C20H25NOS2/c1-15-4-8-18(9-5-15)14-23-13-12-21-20(22)17(3)24-19-10-6-16(2)7-11-19/h4-11,17H,12-14H2,1-3H3,(H,21,22)/t17-/m0/s1. The quantitative estimate of drug-likeness (QED) is 0.540. The lowest BCUT2D eigenvalue weighted by atomic mass is 10.2. The fraction of sp³-hybridized carbons (Fsp3) is 0.350. The third-order valence-corrected chi connectivity index (χ3v) is 5.78. The molecular weight excluding hydrogens is 334 g/mol. The SMILES string of the molecule is Cc1ccc(CSCCNC(=O)[C@H](C)Sc2ccc(C)cc2)cc1. The fourth-order valence-corrected chi connectivity index (χ4v) is 3.85. The first-order chi connectivity index (χ1) is 11.5. The van der Waals surface area contributed by atoms with E-state index in [1.807, 2.05) is 18.7 Å². The third kappa shape index (κ3) is 6.62. The zero-order valence-corrected chi connectivity index (χ0v) is 16.2. The first-order valence-electron chi connectivity index (χ1n) is 8.19. The molecule has 2 nitrogen and oxygen atoms in total. The number of nitrogens with one attached hydrogen (secondary N) is 1. The van der Waals surface area contributed by atoms with E-state index in [1.165, 1.54) is 16.7 Å². The second-order valence-corrected chi connectivity index (χ2v) is 8.42. The highest BCUT2D eigenvalue weighted by atomic mass is 32.2. The molecule has 0 saturated carbocycles. The van der Waals surface area contributed by atoms with Crippen molar-refractivity contribution < 1.29 is 4.79 Å². The van der Waals surface area contributed by atoms with E-state index in [-0.39, 0.29) is 11.2 Å². The van der Waals surface area contributed by atoms with Crippen LogP contribution in [0.2, 0.25) is 0 Å². The van der Waals surface area contributed by atoms with Crippen molar-refractivity contribution in [3.63, 3.8) is 0 Å². The first kappa shape index (κ1) is 18.9. The lowest BCUT2D eigenvalue weighted by molar-refractivity contribution is -0.120. The maximum atomic E-state index is 12.1. The van der Waals surface area contributed by atoms with Crippen molar-refractivity contribution in [1.82, 2.24) is 5.32 Å².